The Morgan fingerprint density at radius 3 is 2.64 bits per heavy atom. The van der Waals surface area contributed by atoms with Gasteiger partial charge in [-0.05, 0) is 37.1 Å². The Hall–Kier alpha value is -2.73. The summed E-state index contributed by atoms with van der Waals surface area (Å²) in [5.41, 5.74) is 1.13. The number of benzene rings is 2. The van der Waals surface area contributed by atoms with Crippen LogP contribution in [-0.4, -0.2) is 32.0 Å². The van der Waals surface area contributed by atoms with E-state index in [1.165, 1.54) is 6.42 Å². The average Bonchev–Trinajstić information content (AvgIpc) is 3.05. The van der Waals surface area contributed by atoms with Crippen LogP contribution >= 0.6 is 0 Å². The van der Waals surface area contributed by atoms with Crippen LogP contribution in [0.25, 0.3) is 0 Å². The van der Waals surface area contributed by atoms with E-state index in [1.54, 1.807) is 19.2 Å². The summed E-state index contributed by atoms with van der Waals surface area (Å²) in [7, 11) is 1.61. The summed E-state index contributed by atoms with van der Waals surface area (Å²) in [6.07, 6.45) is 5.23. The van der Waals surface area contributed by atoms with Crippen LogP contribution in [0.2, 0.25) is 0 Å². The summed E-state index contributed by atoms with van der Waals surface area (Å²) in [5, 5.41) is 2.92. The molecule has 0 unspecified atom stereocenters. The van der Waals surface area contributed by atoms with E-state index in [9.17, 15) is 4.79 Å². The second kappa shape index (κ2) is 8.10. The molecule has 1 saturated carbocycles. The molecule has 6 nitrogen and oxygen atoms in total. The molecular formula is C22H25NO5. The minimum atomic E-state index is -0.523. The van der Waals surface area contributed by atoms with Gasteiger partial charge in [-0.1, -0.05) is 18.6 Å². The number of fused-ring (bicyclic) bond motifs is 1. The number of ether oxygens (including phenoxy) is 4. The number of hydrogen-bond acceptors (Lipinski definition) is 5. The molecule has 1 amide bonds. The molecule has 0 aromatic heterocycles. The molecule has 1 fully saturated rings. The van der Waals surface area contributed by atoms with E-state index in [4.69, 9.17) is 18.9 Å². The molecule has 1 heterocycles. The van der Waals surface area contributed by atoms with Gasteiger partial charge in [0.1, 0.15) is 12.4 Å². The van der Waals surface area contributed by atoms with Gasteiger partial charge in [-0.25, -0.2) is 0 Å². The predicted octanol–water partition coefficient (Wildman–Crippen LogP) is 4.40. The summed E-state index contributed by atoms with van der Waals surface area (Å²) in [6.45, 7) is 0.840. The fourth-order valence-electron chi connectivity index (χ4n) is 3.68. The SMILES string of the molecule is COCCOc1ccccc1C(=O)Nc1ccc2c(c1)OC1(CCCCC1)O2. The number of anilines is 1. The lowest BCUT2D eigenvalue weighted by molar-refractivity contribution is -0.105. The molecule has 148 valence electrons. The zero-order valence-electron chi connectivity index (χ0n) is 16.0. The van der Waals surface area contributed by atoms with E-state index >= 15 is 0 Å². The van der Waals surface area contributed by atoms with Gasteiger partial charge in [0, 0.05) is 31.7 Å². The first kappa shape index (κ1) is 18.6. The van der Waals surface area contributed by atoms with Crippen molar-refractivity contribution in [3.8, 4) is 17.2 Å². The third kappa shape index (κ3) is 3.92. The lowest BCUT2D eigenvalue weighted by atomic mass is 9.94. The molecule has 6 heteroatoms. The summed E-state index contributed by atoms with van der Waals surface area (Å²) in [5.74, 6) is 1.19. The number of carbonyl (C=O) groups is 1. The topological polar surface area (TPSA) is 66.0 Å². The van der Waals surface area contributed by atoms with E-state index in [0.717, 1.165) is 31.4 Å². The van der Waals surface area contributed by atoms with Crippen molar-refractivity contribution in [1.29, 1.82) is 0 Å². The van der Waals surface area contributed by atoms with E-state index in [1.807, 2.05) is 30.3 Å². The summed E-state index contributed by atoms with van der Waals surface area (Å²) >= 11 is 0. The van der Waals surface area contributed by atoms with Gasteiger partial charge in [0.25, 0.3) is 11.7 Å². The van der Waals surface area contributed by atoms with Gasteiger partial charge < -0.3 is 24.3 Å². The van der Waals surface area contributed by atoms with Crippen molar-refractivity contribution in [3.63, 3.8) is 0 Å². The van der Waals surface area contributed by atoms with E-state index < -0.39 is 5.79 Å². The Morgan fingerprint density at radius 1 is 1.04 bits per heavy atom. The third-order valence-corrected chi connectivity index (χ3v) is 5.09. The fraction of sp³-hybridized carbons (Fsp3) is 0.409. The lowest BCUT2D eigenvalue weighted by Crippen LogP contribution is -2.40. The maximum absolute atomic E-state index is 12.8. The van der Waals surface area contributed by atoms with Gasteiger partial charge in [0.2, 0.25) is 0 Å². The largest absolute Gasteiger partial charge is 0.490 e. The molecule has 4 rings (SSSR count). The number of nitrogens with one attached hydrogen (secondary N) is 1. The first-order valence-electron chi connectivity index (χ1n) is 9.73. The predicted molar refractivity (Wildman–Crippen MR) is 105 cm³/mol. The van der Waals surface area contributed by atoms with Gasteiger partial charge >= 0.3 is 0 Å². The maximum Gasteiger partial charge on any atom is 0.259 e. The van der Waals surface area contributed by atoms with Crippen LogP contribution in [-0.2, 0) is 4.74 Å². The lowest BCUT2D eigenvalue weighted by Gasteiger charge is -2.31. The Kier molecular flexibility index (Phi) is 5.39. The second-order valence-electron chi connectivity index (χ2n) is 7.13. The molecule has 1 aliphatic carbocycles. The highest BCUT2D eigenvalue weighted by Gasteiger charge is 2.42. The van der Waals surface area contributed by atoms with Gasteiger partial charge in [-0.15, -0.1) is 0 Å². The van der Waals surface area contributed by atoms with Crippen LogP contribution in [0.4, 0.5) is 5.69 Å². The number of rotatable bonds is 6. The van der Waals surface area contributed by atoms with Gasteiger partial charge in [-0.2, -0.15) is 0 Å². The van der Waals surface area contributed by atoms with Crippen molar-refractivity contribution in [2.45, 2.75) is 37.9 Å². The molecular weight excluding hydrogens is 358 g/mol. The van der Waals surface area contributed by atoms with Crippen LogP contribution in [0.3, 0.4) is 0 Å². The molecule has 0 atom stereocenters. The number of hydrogen-bond donors (Lipinski definition) is 1. The van der Waals surface area contributed by atoms with Crippen LogP contribution in [0.1, 0.15) is 42.5 Å². The molecule has 0 bridgehead atoms. The fourth-order valence-corrected chi connectivity index (χ4v) is 3.68. The monoisotopic (exact) mass is 383 g/mol. The molecule has 2 aromatic carbocycles. The van der Waals surface area contributed by atoms with Crippen molar-refractivity contribution in [3.05, 3.63) is 48.0 Å². The van der Waals surface area contributed by atoms with E-state index in [-0.39, 0.29) is 5.91 Å². The van der Waals surface area contributed by atoms with Crippen molar-refractivity contribution in [2.75, 3.05) is 25.6 Å². The smallest absolute Gasteiger partial charge is 0.259 e. The average molecular weight is 383 g/mol. The molecule has 1 N–H and O–H groups in total. The summed E-state index contributed by atoms with van der Waals surface area (Å²) in [6, 6.07) is 12.7. The quantitative estimate of drug-likeness (QED) is 0.749. The van der Waals surface area contributed by atoms with E-state index in [2.05, 4.69) is 5.32 Å². The van der Waals surface area contributed by atoms with Crippen LogP contribution < -0.4 is 19.5 Å². The standard InChI is InChI=1S/C22H25NO5/c1-25-13-14-26-18-8-4-3-7-17(18)21(24)23-16-9-10-19-20(15-16)28-22(27-19)11-5-2-6-12-22/h3-4,7-10,15H,2,5-6,11-14H2,1H3,(H,23,24). The highest BCUT2D eigenvalue weighted by molar-refractivity contribution is 6.06. The zero-order chi connectivity index (χ0) is 19.4. The first-order chi connectivity index (χ1) is 13.7. The highest BCUT2D eigenvalue weighted by atomic mass is 16.7. The van der Waals surface area contributed by atoms with E-state index in [0.29, 0.717) is 36.0 Å². The molecule has 1 aliphatic heterocycles. The van der Waals surface area contributed by atoms with Crippen LogP contribution in [0.5, 0.6) is 17.2 Å². The van der Waals surface area contributed by atoms with Crippen molar-refractivity contribution < 1.29 is 23.7 Å². The Bertz CT molecular complexity index is 845. The Balaban J connectivity index is 1.46. The molecule has 0 saturated heterocycles. The first-order valence-corrected chi connectivity index (χ1v) is 9.73. The molecule has 2 aliphatic rings. The molecule has 2 aromatic rings. The molecule has 0 radical (unpaired) electrons. The number of methoxy groups -OCH3 is 1. The minimum Gasteiger partial charge on any atom is -0.490 e. The molecule has 28 heavy (non-hydrogen) atoms. The second-order valence-corrected chi connectivity index (χ2v) is 7.13. The van der Waals surface area contributed by atoms with Crippen molar-refractivity contribution >= 4 is 11.6 Å². The third-order valence-electron chi connectivity index (χ3n) is 5.09. The normalized spacial score (nSPS) is 16.8. The number of amides is 1. The highest BCUT2D eigenvalue weighted by Crippen LogP contribution is 2.46. The number of para-hydroxylation sites is 1. The van der Waals surface area contributed by atoms with Crippen LogP contribution in [0.15, 0.2) is 42.5 Å². The van der Waals surface area contributed by atoms with Crippen molar-refractivity contribution in [2.24, 2.45) is 0 Å². The summed E-state index contributed by atoms with van der Waals surface area (Å²) in [4.78, 5) is 12.8. The number of carbonyl (C=O) groups excluding carboxylic acids is 1. The van der Waals surface area contributed by atoms with Crippen LogP contribution in [0, 0.1) is 0 Å². The molecule has 1 spiro atoms. The van der Waals surface area contributed by atoms with Crippen molar-refractivity contribution in [1.82, 2.24) is 0 Å². The summed E-state index contributed by atoms with van der Waals surface area (Å²) < 4.78 is 22.9. The zero-order valence-corrected chi connectivity index (χ0v) is 16.0. The Morgan fingerprint density at radius 2 is 1.82 bits per heavy atom. The maximum atomic E-state index is 12.8. The Labute approximate surface area is 164 Å². The van der Waals surface area contributed by atoms with Gasteiger partial charge in [0.15, 0.2) is 11.5 Å². The van der Waals surface area contributed by atoms with Gasteiger partial charge in [0.05, 0.1) is 12.2 Å². The minimum absolute atomic E-state index is 0.237. The van der Waals surface area contributed by atoms with Gasteiger partial charge in [-0.3, -0.25) is 4.79 Å².